The lowest BCUT2D eigenvalue weighted by atomic mass is 10.1. The van der Waals surface area contributed by atoms with Crippen molar-refractivity contribution in [2.75, 3.05) is 25.6 Å². The van der Waals surface area contributed by atoms with E-state index in [9.17, 15) is 4.79 Å². The number of fused-ring (bicyclic) bond motifs is 1. The number of carbonyl (C=O) groups is 1. The number of halogens is 1. The molecule has 2 N–H and O–H groups in total. The average molecular weight is 422 g/mol. The SMILES string of the molecule is COCCNC(=O)c1ccc(Nc2nc3cccc(-c4cccc(Cl)c4)n3n2)cc1. The van der Waals surface area contributed by atoms with Gasteiger partial charge in [-0.25, -0.2) is 4.52 Å². The second-order valence-corrected chi connectivity index (χ2v) is 7.01. The predicted octanol–water partition coefficient (Wildman–Crippen LogP) is 4.17. The van der Waals surface area contributed by atoms with Crippen LogP contribution in [0, 0.1) is 0 Å². The molecule has 7 nitrogen and oxygen atoms in total. The number of aromatic nitrogens is 3. The number of ether oxygens (including phenoxy) is 1. The molecule has 2 heterocycles. The van der Waals surface area contributed by atoms with Crippen LogP contribution in [0.1, 0.15) is 10.4 Å². The number of methoxy groups -OCH3 is 1. The molecule has 0 aliphatic carbocycles. The van der Waals surface area contributed by atoms with Gasteiger partial charge in [-0.2, -0.15) is 4.98 Å². The molecule has 0 saturated heterocycles. The number of rotatable bonds is 7. The number of amides is 1. The van der Waals surface area contributed by atoms with Gasteiger partial charge in [0.05, 0.1) is 12.3 Å². The second-order valence-electron chi connectivity index (χ2n) is 6.58. The van der Waals surface area contributed by atoms with Crippen molar-refractivity contribution < 1.29 is 9.53 Å². The maximum Gasteiger partial charge on any atom is 0.251 e. The Morgan fingerprint density at radius 2 is 1.90 bits per heavy atom. The molecule has 0 aliphatic rings. The van der Waals surface area contributed by atoms with E-state index in [2.05, 4.69) is 20.7 Å². The van der Waals surface area contributed by atoms with Crippen LogP contribution in [0.5, 0.6) is 0 Å². The van der Waals surface area contributed by atoms with Crippen LogP contribution in [0.4, 0.5) is 11.6 Å². The Morgan fingerprint density at radius 1 is 1.10 bits per heavy atom. The second kappa shape index (κ2) is 8.94. The molecule has 0 radical (unpaired) electrons. The molecular formula is C22H20ClN5O2. The Kier molecular flexibility index (Phi) is 5.92. The van der Waals surface area contributed by atoms with Crippen molar-refractivity contribution >= 4 is 34.8 Å². The summed E-state index contributed by atoms with van der Waals surface area (Å²) in [4.78, 5) is 16.6. The number of nitrogens with one attached hydrogen (secondary N) is 2. The van der Waals surface area contributed by atoms with Gasteiger partial charge in [0.15, 0.2) is 5.65 Å². The Morgan fingerprint density at radius 3 is 2.67 bits per heavy atom. The predicted molar refractivity (Wildman–Crippen MR) is 117 cm³/mol. The Balaban J connectivity index is 1.53. The van der Waals surface area contributed by atoms with E-state index in [0.717, 1.165) is 16.9 Å². The number of hydrogen-bond acceptors (Lipinski definition) is 5. The smallest absolute Gasteiger partial charge is 0.251 e. The van der Waals surface area contributed by atoms with Crippen molar-refractivity contribution in [3.05, 3.63) is 77.3 Å². The van der Waals surface area contributed by atoms with Crippen LogP contribution >= 0.6 is 11.6 Å². The van der Waals surface area contributed by atoms with Crippen LogP contribution in [0.3, 0.4) is 0 Å². The van der Waals surface area contributed by atoms with Gasteiger partial charge in [-0.1, -0.05) is 29.8 Å². The van der Waals surface area contributed by atoms with Gasteiger partial charge in [0.2, 0.25) is 5.95 Å². The Hall–Kier alpha value is -3.42. The third kappa shape index (κ3) is 4.42. The van der Waals surface area contributed by atoms with E-state index in [4.69, 9.17) is 16.3 Å². The summed E-state index contributed by atoms with van der Waals surface area (Å²) in [5.74, 6) is 0.317. The lowest BCUT2D eigenvalue weighted by Gasteiger charge is -2.06. The van der Waals surface area contributed by atoms with Crippen molar-refractivity contribution in [3.63, 3.8) is 0 Å². The van der Waals surface area contributed by atoms with Crippen molar-refractivity contribution in [3.8, 4) is 11.3 Å². The fourth-order valence-electron chi connectivity index (χ4n) is 3.03. The molecular weight excluding hydrogens is 402 g/mol. The van der Waals surface area contributed by atoms with E-state index in [1.54, 1.807) is 23.8 Å². The topological polar surface area (TPSA) is 80.5 Å². The van der Waals surface area contributed by atoms with Crippen LogP contribution in [-0.2, 0) is 4.74 Å². The minimum atomic E-state index is -0.143. The van der Waals surface area contributed by atoms with Gasteiger partial charge in [0.25, 0.3) is 5.91 Å². The first-order chi connectivity index (χ1) is 14.6. The van der Waals surface area contributed by atoms with Crippen molar-refractivity contribution in [1.29, 1.82) is 0 Å². The van der Waals surface area contributed by atoms with Gasteiger partial charge < -0.3 is 15.4 Å². The number of nitrogens with zero attached hydrogens (tertiary/aromatic N) is 3. The molecule has 0 atom stereocenters. The number of hydrogen-bond donors (Lipinski definition) is 2. The maximum absolute atomic E-state index is 12.1. The van der Waals surface area contributed by atoms with Gasteiger partial charge in [-0.3, -0.25) is 4.79 Å². The minimum Gasteiger partial charge on any atom is -0.383 e. The molecule has 4 rings (SSSR count). The summed E-state index contributed by atoms with van der Waals surface area (Å²) in [6, 6.07) is 20.5. The normalized spacial score (nSPS) is 10.9. The molecule has 4 aromatic rings. The minimum absolute atomic E-state index is 0.143. The van der Waals surface area contributed by atoms with E-state index in [0.29, 0.717) is 35.3 Å². The molecule has 2 aromatic heterocycles. The third-order valence-electron chi connectivity index (χ3n) is 4.48. The average Bonchev–Trinajstić information content (AvgIpc) is 3.17. The molecule has 0 fully saturated rings. The Labute approximate surface area is 178 Å². The lowest BCUT2D eigenvalue weighted by molar-refractivity contribution is 0.0937. The molecule has 0 saturated carbocycles. The monoisotopic (exact) mass is 421 g/mol. The van der Waals surface area contributed by atoms with Gasteiger partial charge in [-0.15, -0.1) is 5.10 Å². The van der Waals surface area contributed by atoms with E-state index in [1.807, 2.05) is 54.6 Å². The molecule has 0 bridgehead atoms. The first-order valence-corrected chi connectivity index (χ1v) is 9.78. The lowest BCUT2D eigenvalue weighted by Crippen LogP contribution is -2.26. The van der Waals surface area contributed by atoms with E-state index in [1.165, 1.54) is 0 Å². The first kappa shape index (κ1) is 19.9. The van der Waals surface area contributed by atoms with Crippen LogP contribution in [0.25, 0.3) is 16.9 Å². The molecule has 8 heteroatoms. The summed E-state index contributed by atoms with van der Waals surface area (Å²) in [5.41, 5.74) is 3.91. The molecule has 0 aliphatic heterocycles. The van der Waals surface area contributed by atoms with E-state index in [-0.39, 0.29) is 5.91 Å². The van der Waals surface area contributed by atoms with Crippen molar-refractivity contribution in [2.45, 2.75) is 0 Å². The largest absolute Gasteiger partial charge is 0.383 e. The standard InChI is InChI=1S/C22H20ClN5O2/c1-30-13-12-24-21(29)15-8-10-18(11-9-15)25-22-26-20-7-3-6-19(28(20)27-22)16-4-2-5-17(23)14-16/h2-11,14H,12-13H2,1H3,(H,24,29)(H,25,27). The van der Waals surface area contributed by atoms with E-state index < -0.39 is 0 Å². The van der Waals surface area contributed by atoms with Gasteiger partial charge in [0, 0.05) is 35.5 Å². The third-order valence-corrected chi connectivity index (χ3v) is 4.71. The highest BCUT2D eigenvalue weighted by Gasteiger charge is 2.10. The summed E-state index contributed by atoms with van der Waals surface area (Å²) < 4.78 is 6.70. The van der Waals surface area contributed by atoms with Gasteiger partial charge >= 0.3 is 0 Å². The van der Waals surface area contributed by atoms with E-state index >= 15 is 0 Å². The van der Waals surface area contributed by atoms with Crippen molar-refractivity contribution in [2.24, 2.45) is 0 Å². The highest BCUT2D eigenvalue weighted by atomic mass is 35.5. The zero-order valence-electron chi connectivity index (χ0n) is 16.3. The fraction of sp³-hybridized carbons (Fsp3) is 0.136. The molecule has 0 unspecified atom stereocenters. The molecule has 2 aromatic carbocycles. The molecule has 0 spiro atoms. The number of anilines is 2. The molecule has 30 heavy (non-hydrogen) atoms. The van der Waals surface area contributed by atoms with Crippen LogP contribution < -0.4 is 10.6 Å². The summed E-state index contributed by atoms with van der Waals surface area (Å²) in [7, 11) is 1.60. The quantitative estimate of drug-likeness (QED) is 0.438. The zero-order chi connectivity index (χ0) is 20.9. The van der Waals surface area contributed by atoms with Crippen LogP contribution in [-0.4, -0.2) is 40.8 Å². The molecule has 152 valence electrons. The highest BCUT2D eigenvalue weighted by Crippen LogP contribution is 2.24. The maximum atomic E-state index is 12.1. The number of carbonyl (C=O) groups excluding carboxylic acids is 1. The summed E-state index contributed by atoms with van der Waals surface area (Å²) in [6.07, 6.45) is 0. The zero-order valence-corrected chi connectivity index (χ0v) is 17.1. The Bertz CT molecular complexity index is 1170. The molecule has 1 amide bonds. The highest BCUT2D eigenvalue weighted by molar-refractivity contribution is 6.30. The van der Waals surface area contributed by atoms with Crippen molar-refractivity contribution in [1.82, 2.24) is 19.9 Å². The summed E-state index contributed by atoms with van der Waals surface area (Å²) in [6.45, 7) is 0.942. The first-order valence-electron chi connectivity index (χ1n) is 9.40. The summed E-state index contributed by atoms with van der Waals surface area (Å²) in [5, 5.41) is 11.2. The van der Waals surface area contributed by atoms with Crippen LogP contribution in [0.2, 0.25) is 5.02 Å². The summed E-state index contributed by atoms with van der Waals surface area (Å²) >= 11 is 6.14. The fourth-order valence-corrected chi connectivity index (χ4v) is 3.22. The van der Waals surface area contributed by atoms with Crippen LogP contribution in [0.15, 0.2) is 66.7 Å². The van der Waals surface area contributed by atoms with Gasteiger partial charge in [-0.05, 0) is 48.5 Å². The van der Waals surface area contributed by atoms with Gasteiger partial charge in [0.1, 0.15) is 0 Å². The number of benzene rings is 2. The number of pyridine rings is 1.